The molecule has 0 unspecified atom stereocenters. The molecule has 1 N–H and O–H groups in total. The van der Waals surface area contributed by atoms with Crippen molar-refractivity contribution < 1.29 is 4.74 Å². The first-order valence-electron chi connectivity index (χ1n) is 6.31. The van der Waals surface area contributed by atoms with Gasteiger partial charge < -0.3 is 10.1 Å². The summed E-state index contributed by atoms with van der Waals surface area (Å²) in [6, 6.07) is 6.71. The van der Waals surface area contributed by atoms with Crippen molar-refractivity contribution in [1.82, 2.24) is 5.32 Å². The summed E-state index contributed by atoms with van der Waals surface area (Å²) in [5.74, 6) is 0.976. The summed E-state index contributed by atoms with van der Waals surface area (Å²) in [5.41, 5.74) is 1.56. The van der Waals surface area contributed by atoms with Crippen molar-refractivity contribution in [3.05, 3.63) is 28.8 Å². The topological polar surface area (TPSA) is 21.3 Å². The van der Waals surface area contributed by atoms with Gasteiger partial charge >= 0.3 is 0 Å². The number of hydrogen-bond acceptors (Lipinski definition) is 2. The predicted octanol–water partition coefficient (Wildman–Crippen LogP) is 3.13. The molecule has 0 saturated heterocycles. The van der Waals surface area contributed by atoms with Crippen LogP contribution in [0, 0.1) is 0 Å². The third-order valence-electron chi connectivity index (χ3n) is 3.89. The van der Waals surface area contributed by atoms with E-state index < -0.39 is 0 Å². The summed E-state index contributed by atoms with van der Waals surface area (Å²) in [4.78, 5) is 0. The van der Waals surface area contributed by atoms with E-state index in [0.717, 1.165) is 23.4 Å². The number of hydrogen-bond donors (Lipinski definition) is 1. The van der Waals surface area contributed by atoms with Crippen LogP contribution in [0.4, 0.5) is 0 Å². The predicted molar refractivity (Wildman–Crippen MR) is 69.9 cm³/mol. The van der Waals surface area contributed by atoms with Crippen LogP contribution < -0.4 is 10.1 Å². The largest absolute Gasteiger partial charge is 0.496 e. The number of rotatable bonds is 5. The van der Waals surface area contributed by atoms with E-state index in [4.69, 9.17) is 16.3 Å². The number of ether oxygens (including phenoxy) is 1. The van der Waals surface area contributed by atoms with E-state index in [1.807, 2.05) is 12.1 Å². The van der Waals surface area contributed by atoms with Crippen LogP contribution in [-0.4, -0.2) is 19.7 Å². The molecule has 0 heterocycles. The highest BCUT2D eigenvalue weighted by molar-refractivity contribution is 6.30. The van der Waals surface area contributed by atoms with E-state index in [2.05, 4.69) is 11.4 Å². The Labute approximate surface area is 107 Å². The Morgan fingerprint density at radius 2 is 2.18 bits per heavy atom. The van der Waals surface area contributed by atoms with Gasteiger partial charge in [0.1, 0.15) is 5.75 Å². The van der Waals surface area contributed by atoms with Gasteiger partial charge in [0.25, 0.3) is 0 Å². The van der Waals surface area contributed by atoms with Gasteiger partial charge in [-0.15, -0.1) is 0 Å². The molecule has 2 nitrogen and oxygen atoms in total. The summed E-state index contributed by atoms with van der Waals surface area (Å²) in [6.45, 7) is 1.06. The monoisotopic (exact) mass is 251 g/mol. The second-order valence-electron chi connectivity index (χ2n) is 5.28. The maximum absolute atomic E-state index is 6.11. The molecule has 1 aromatic rings. The van der Waals surface area contributed by atoms with E-state index in [1.165, 1.54) is 31.2 Å². The zero-order valence-electron chi connectivity index (χ0n) is 10.1. The Kier molecular flexibility index (Phi) is 2.80. The highest BCUT2D eigenvalue weighted by Crippen LogP contribution is 2.51. The zero-order chi connectivity index (χ0) is 11.9. The minimum atomic E-state index is 0.277. The van der Waals surface area contributed by atoms with Crippen molar-refractivity contribution in [2.45, 2.75) is 37.1 Å². The lowest BCUT2D eigenvalue weighted by Gasteiger charge is -2.19. The van der Waals surface area contributed by atoms with Crippen molar-refractivity contribution in [1.29, 1.82) is 0 Å². The molecular formula is C14H18ClNO. The molecule has 0 aliphatic heterocycles. The Bertz CT molecular complexity index is 424. The van der Waals surface area contributed by atoms with Gasteiger partial charge in [0.15, 0.2) is 0 Å². The molecule has 0 radical (unpaired) electrons. The molecule has 2 fully saturated rings. The van der Waals surface area contributed by atoms with Crippen LogP contribution in [0.1, 0.15) is 31.2 Å². The van der Waals surface area contributed by atoms with Crippen LogP contribution in [0.2, 0.25) is 5.02 Å². The molecule has 2 aliphatic carbocycles. The quantitative estimate of drug-likeness (QED) is 0.868. The van der Waals surface area contributed by atoms with E-state index in [1.54, 1.807) is 7.11 Å². The molecule has 1 aromatic carbocycles. The van der Waals surface area contributed by atoms with E-state index in [-0.39, 0.29) is 5.41 Å². The Morgan fingerprint density at radius 1 is 1.41 bits per heavy atom. The molecule has 0 bridgehead atoms. The fourth-order valence-corrected chi connectivity index (χ4v) is 2.59. The van der Waals surface area contributed by atoms with E-state index in [9.17, 15) is 0 Å². The summed E-state index contributed by atoms with van der Waals surface area (Å²) in [6.07, 6.45) is 5.15. The number of nitrogens with one attached hydrogen (secondary N) is 1. The third-order valence-corrected chi connectivity index (χ3v) is 4.13. The minimum absolute atomic E-state index is 0.277. The van der Waals surface area contributed by atoms with Crippen molar-refractivity contribution >= 4 is 11.6 Å². The lowest BCUT2D eigenvalue weighted by Crippen LogP contribution is -2.28. The molecule has 0 spiro atoms. The van der Waals surface area contributed by atoms with Gasteiger partial charge in [-0.25, -0.2) is 0 Å². The second-order valence-corrected chi connectivity index (χ2v) is 5.72. The van der Waals surface area contributed by atoms with Gasteiger partial charge in [0, 0.05) is 28.6 Å². The molecule has 3 rings (SSSR count). The van der Waals surface area contributed by atoms with E-state index in [0.29, 0.717) is 0 Å². The highest BCUT2D eigenvalue weighted by Gasteiger charge is 2.46. The van der Waals surface area contributed by atoms with Crippen LogP contribution in [0.15, 0.2) is 18.2 Å². The Morgan fingerprint density at radius 3 is 2.76 bits per heavy atom. The molecule has 0 amide bonds. The van der Waals surface area contributed by atoms with Gasteiger partial charge in [0.2, 0.25) is 0 Å². The zero-order valence-corrected chi connectivity index (χ0v) is 10.9. The molecule has 3 heteroatoms. The van der Waals surface area contributed by atoms with Gasteiger partial charge in [-0.2, -0.15) is 0 Å². The van der Waals surface area contributed by atoms with Gasteiger partial charge in [-0.05, 0) is 43.9 Å². The normalized spacial score (nSPS) is 21.3. The molecule has 2 aliphatic rings. The molecule has 0 aromatic heterocycles. The fraction of sp³-hybridized carbons (Fsp3) is 0.571. The van der Waals surface area contributed by atoms with Crippen LogP contribution in [0.3, 0.4) is 0 Å². The lowest BCUT2D eigenvalue weighted by molar-refractivity contribution is 0.401. The third kappa shape index (κ3) is 2.29. The van der Waals surface area contributed by atoms with Crippen LogP contribution >= 0.6 is 11.6 Å². The summed E-state index contributed by atoms with van der Waals surface area (Å²) >= 11 is 6.11. The maximum Gasteiger partial charge on any atom is 0.122 e. The fourth-order valence-electron chi connectivity index (χ4n) is 2.41. The van der Waals surface area contributed by atoms with Crippen LogP contribution in [0.5, 0.6) is 5.75 Å². The molecular weight excluding hydrogens is 234 g/mol. The van der Waals surface area contributed by atoms with Crippen molar-refractivity contribution in [3.8, 4) is 5.75 Å². The Balaban J connectivity index is 1.83. The van der Waals surface area contributed by atoms with Crippen LogP contribution in [0.25, 0.3) is 0 Å². The Hall–Kier alpha value is -0.730. The van der Waals surface area contributed by atoms with Crippen molar-refractivity contribution in [2.75, 3.05) is 13.7 Å². The van der Waals surface area contributed by atoms with Gasteiger partial charge in [-0.1, -0.05) is 11.6 Å². The number of methoxy groups -OCH3 is 1. The molecule has 0 atom stereocenters. The lowest BCUT2D eigenvalue weighted by atomic mass is 9.95. The molecule has 92 valence electrons. The van der Waals surface area contributed by atoms with Crippen molar-refractivity contribution in [3.63, 3.8) is 0 Å². The standard InChI is InChI=1S/C14H18ClNO/c1-17-13-5-2-10(15)8-12(13)14(6-7-14)9-16-11-3-4-11/h2,5,8,11,16H,3-4,6-7,9H2,1H3. The smallest absolute Gasteiger partial charge is 0.122 e. The van der Waals surface area contributed by atoms with Gasteiger partial charge in [0.05, 0.1) is 7.11 Å². The first-order chi connectivity index (χ1) is 8.23. The average Bonchev–Trinajstić information content (AvgIpc) is 3.21. The number of benzene rings is 1. The minimum Gasteiger partial charge on any atom is -0.496 e. The van der Waals surface area contributed by atoms with E-state index >= 15 is 0 Å². The van der Waals surface area contributed by atoms with Crippen LogP contribution in [-0.2, 0) is 5.41 Å². The molecule has 17 heavy (non-hydrogen) atoms. The number of halogens is 1. The average molecular weight is 252 g/mol. The highest BCUT2D eigenvalue weighted by atomic mass is 35.5. The second kappa shape index (κ2) is 4.18. The first kappa shape index (κ1) is 11.4. The molecule has 2 saturated carbocycles. The summed E-state index contributed by atoms with van der Waals surface area (Å²) in [7, 11) is 1.73. The van der Waals surface area contributed by atoms with Crippen molar-refractivity contribution in [2.24, 2.45) is 0 Å². The maximum atomic E-state index is 6.11. The van der Waals surface area contributed by atoms with Gasteiger partial charge in [-0.3, -0.25) is 0 Å². The summed E-state index contributed by atoms with van der Waals surface area (Å²) in [5, 5.41) is 4.43. The SMILES string of the molecule is COc1ccc(Cl)cc1C1(CNC2CC2)CC1. The summed E-state index contributed by atoms with van der Waals surface area (Å²) < 4.78 is 5.46. The first-order valence-corrected chi connectivity index (χ1v) is 6.69.